The molecule has 1 unspecified atom stereocenters. The van der Waals surface area contributed by atoms with Gasteiger partial charge in [0, 0.05) is 26.2 Å². The highest BCUT2D eigenvalue weighted by Gasteiger charge is 2.33. The SMILES string of the molecule is Cc1ccc(NC(=S)N2CCN(C(=O)C3COc4ccccc4O3)CC2)c(Cl)c1. The minimum atomic E-state index is -0.618. The molecule has 152 valence electrons. The van der Waals surface area contributed by atoms with Crippen molar-refractivity contribution < 1.29 is 14.3 Å². The second-order valence-corrected chi connectivity index (χ2v) is 7.88. The number of piperazine rings is 1. The van der Waals surface area contributed by atoms with Crippen LogP contribution in [0.15, 0.2) is 42.5 Å². The van der Waals surface area contributed by atoms with Crippen molar-refractivity contribution in [3.63, 3.8) is 0 Å². The van der Waals surface area contributed by atoms with Crippen molar-refractivity contribution in [2.24, 2.45) is 0 Å². The third kappa shape index (κ3) is 4.41. The predicted molar refractivity (Wildman–Crippen MR) is 117 cm³/mol. The number of thiocarbonyl (C=S) groups is 1. The Balaban J connectivity index is 1.31. The Kier molecular flexibility index (Phi) is 5.78. The van der Waals surface area contributed by atoms with Crippen LogP contribution in [0.1, 0.15) is 5.56 Å². The summed E-state index contributed by atoms with van der Waals surface area (Å²) in [5.74, 6) is 1.23. The van der Waals surface area contributed by atoms with Crippen molar-refractivity contribution >= 4 is 40.5 Å². The molecule has 0 radical (unpaired) electrons. The zero-order valence-electron chi connectivity index (χ0n) is 16.1. The van der Waals surface area contributed by atoms with E-state index < -0.39 is 6.10 Å². The van der Waals surface area contributed by atoms with Gasteiger partial charge in [-0.05, 0) is 49.0 Å². The maximum absolute atomic E-state index is 12.8. The number of para-hydroxylation sites is 2. The van der Waals surface area contributed by atoms with E-state index >= 15 is 0 Å². The van der Waals surface area contributed by atoms with E-state index in [4.69, 9.17) is 33.3 Å². The summed E-state index contributed by atoms with van der Waals surface area (Å²) in [5, 5.41) is 4.44. The molecule has 2 aromatic rings. The summed E-state index contributed by atoms with van der Waals surface area (Å²) in [7, 11) is 0. The average molecular weight is 432 g/mol. The fourth-order valence-corrected chi connectivity index (χ4v) is 3.97. The molecule has 1 atom stereocenters. The second kappa shape index (κ2) is 8.47. The lowest BCUT2D eigenvalue weighted by atomic mass is 10.2. The number of ether oxygens (including phenoxy) is 2. The summed E-state index contributed by atoms with van der Waals surface area (Å²) in [6.07, 6.45) is -0.618. The van der Waals surface area contributed by atoms with Crippen LogP contribution < -0.4 is 14.8 Å². The van der Waals surface area contributed by atoms with Gasteiger partial charge in [-0.25, -0.2) is 0 Å². The summed E-state index contributed by atoms with van der Waals surface area (Å²) < 4.78 is 11.5. The number of carbonyl (C=O) groups excluding carboxylic acids is 1. The normalized spacial score (nSPS) is 18.3. The van der Waals surface area contributed by atoms with Gasteiger partial charge in [0.15, 0.2) is 16.6 Å². The van der Waals surface area contributed by atoms with Crippen LogP contribution in [0, 0.1) is 6.92 Å². The molecule has 1 amide bonds. The smallest absolute Gasteiger partial charge is 0.267 e. The lowest BCUT2D eigenvalue weighted by molar-refractivity contribution is -0.142. The number of benzene rings is 2. The molecule has 8 heteroatoms. The first-order valence-electron chi connectivity index (χ1n) is 9.50. The first-order valence-corrected chi connectivity index (χ1v) is 10.3. The number of carbonyl (C=O) groups is 1. The largest absolute Gasteiger partial charge is 0.485 e. The summed E-state index contributed by atoms with van der Waals surface area (Å²) in [6.45, 7) is 4.65. The third-order valence-corrected chi connectivity index (χ3v) is 5.70. The van der Waals surface area contributed by atoms with Gasteiger partial charge in [-0.2, -0.15) is 0 Å². The first-order chi connectivity index (χ1) is 14.0. The van der Waals surface area contributed by atoms with E-state index in [0.717, 1.165) is 11.3 Å². The van der Waals surface area contributed by atoms with E-state index in [9.17, 15) is 4.79 Å². The van der Waals surface area contributed by atoms with Gasteiger partial charge < -0.3 is 24.6 Å². The lowest BCUT2D eigenvalue weighted by Crippen LogP contribution is -2.55. The molecule has 0 spiro atoms. The molecule has 0 aromatic heterocycles. The molecule has 2 aliphatic heterocycles. The average Bonchev–Trinajstić information content (AvgIpc) is 2.75. The van der Waals surface area contributed by atoms with Crippen LogP contribution in [-0.2, 0) is 4.79 Å². The maximum Gasteiger partial charge on any atom is 0.267 e. The van der Waals surface area contributed by atoms with Crippen LogP contribution in [0.3, 0.4) is 0 Å². The topological polar surface area (TPSA) is 54.0 Å². The molecule has 2 aliphatic rings. The van der Waals surface area contributed by atoms with E-state index in [1.807, 2.05) is 54.3 Å². The number of fused-ring (bicyclic) bond motifs is 1. The molecule has 4 rings (SSSR count). The number of halogens is 1. The van der Waals surface area contributed by atoms with E-state index in [0.29, 0.717) is 47.8 Å². The Morgan fingerprint density at radius 3 is 2.52 bits per heavy atom. The molecule has 2 heterocycles. The van der Waals surface area contributed by atoms with Crippen LogP contribution >= 0.6 is 23.8 Å². The summed E-state index contributed by atoms with van der Waals surface area (Å²) >= 11 is 11.8. The fourth-order valence-electron chi connectivity index (χ4n) is 3.39. The second-order valence-electron chi connectivity index (χ2n) is 7.09. The predicted octanol–water partition coefficient (Wildman–Crippen LogP) is 3.33. The highest BCUT2D eigenvalue weighted by molar-refractivity contribution is 7.80. The minimum Gasteiger partial charge on any atom is -0.485 e. The standard InChI is InChI=1S/C21H22ClN3O3S/c1-14-6-7-16(15(22)12-14)23-21(29)25-10-8-24(9-11-25)20(26)19-13-27-17-4-2-3-5-18(17)28-19/h2-7,12,19H,8-11,13H2,1H3,(H,23,29). The van der Waals surface area contributed by atoms with Gasteiger partial charge in [0.25, 0.3) is 5.91 Å². The Morgan fingerprint density at radius 2 is 1.79 bits per heavy atom. The van der Waals surface area contributed by atoms with Gasteiger partial charge in [0.2, 0.25) is 6.10 Å². The number of nitrogens with zero attached hydrogens (tertiary/aromatic N) is 2. The fraction of sp³-hybridized carbons (Fsp3) is 0.333. The van der Waals surface area contributed by atoms with Gasteiger partial charge in [-0.15, -0.1) is 0 Å². The van der Waals surface area contributed by atoms with Gasteiger partial charge >= 0.3 is 0 Å². The zero-order valence-corrected chi connectivity index (χ0v) is 17.6. The molecule has 0 saturated carbocycles. The number of amides is 1. The molecule has 1 saturated heterocycles. The monoisotopic (exact) mass is 431 g/mol. The van der Waals surface area contributed by atoms with Crippen molar-refractivity contribution in [3.8, 4) is 11.5 Å². The molecule has 0 aliphatic carbocycles. The van der Waals surface area contributed by atoms with Gasteiger partial charge in [-0.1, -0.05) is 29.8 Å². The van der Waals surface area contributed by atoms with Crippen molar-refractivity contribution in [2.75, 3.05) is 38.1 Å². The third-order valence-electron chi connectivity index (χ3n) is 5.03. The van der Waals surface area contributed by atoms with Gasteiger partial charge in [-0.3, -0.25) is 4.79 Å². The number of rotatable bonds is 2. The highest BCUT2D eigenvalue weighted by Crippen LogP contribution is 2.31. The van der Waals surface area contributed by atoms with Crippen LogP contribution in [0.2, 0.25) is 5.02 Å². The van der Waals surface area contributed by atoms with Gasteiger partial charge in [0.05, 0.1) is 10.7 Å². The number of hydrogen-bond acceptors (Lipinski definition) is 4. The van der Waals surface area contributed by atoms with E-state index in [2.05, 4.69) is 5.32 Å². The Morgan fingerprint density at radius 1 is 1.10 bits per heavy atom. The number of anilines is 1. The lowest BCUT2D eigenvalue weighted by Gasteiger charge is -2.38. The van der Waals surface area contributed by atoms with Crippen molar-refractivity contribution in [1.29, 1.82) is 0 Å². The van der Waals surface area contributed by atoms with Gasteiger partial charge in [0.1, 0.15) is 6.61 Å². The molecule has 1 N–H and O–H groups in total. The maximum atomic E-state index is 12.8. The molecule has 6 nitrogen and oxygen atoms in total. The van der Waals surface area contributed by atoms with Crippen LogP contribution in [-0.4, -0.2) is 59.7 Å². The molecular formula is C21H22ClN3O3S. The Labute approximate surface area is 180 Å². The van der Waals surface area contributed by atoms with E-state index in [-0.39, 0.29) is 12.5 Å². The summed E-state index contributed by atoms with van der Waals surface area (Å²) in [5.41, 5.74) is 1.88. The number of aryl methyl sites for hydroxylation is 1. The molecular weight excluding hydrogens is 410 g/mol. The molecule has 2 aromatic carbocycles. The van der Waals surface area contributed by atoms with Crippen LogP contribution in [0.4, 0.5) is 5.69 Å². The highest BCUT2D eigenvalue weighted by atomic mass is 35.5. The van der Waals surface area contributed by atoms with Crippen molar-refractivity contribution in [3.05, 3.63) is 53.1 Å². The van der Waals surface area contributed by atoms with Crippen LogP contribution in [0.5, 0.6) is 11.5 Å². The Bertz CT molecular complexity index is 931. The van der Waals surface area contributed by atoms with Crippen molar-refractivity contribution in [2.45, 2.75) is 13.0 Å². The number of nitrogens with one attached hydrogen (secondary N) is 1. The summed E-state index contributed by atoms with van der Waals surface area (Å²) in [6, 6.07) is 13.2. The molecule has 29 heavy (non-hydrogen) atoms. The Hall–Kier alpha value is -2.51. The molecule has 1 fully saturated rings. The van der Waals surface area contributed by atoms with Crippen LogP contribution in [0.25, 0.3) is 0 Å². The minimum absolute atomic E-state index is 0.0559. The summed E-state index contributed by atoms with van der Waals surface area (Å²) in [4.78, 5) is 16.7. The molecule has 0 bridgehead atoms. The van der Waals surface area contributed by atoms with E-state index in [1.54, 1.807) is 4.90 Å². The quantitative estimate of drug-likeness (QED) is 0.736. The number of hydrogen-bond donors (Lipinski definition) is 1. The van der Waals surface area contributed by atoms with Crippen molar-refractivity contribution in [1.82, 2.24) is 9.80 Å². The zero-order chi connectivity index (χ0) is 20.4. The first kappa shape index (κ1) is 19.8. The van der Waals surface area contributed by atoms with E-state index in [1.165, 1.54) is 0 Å².